The molecular formula is C11H17N. The van der Waals surface area contributed by atoms with Crippen LogP contribution in [0, 0.1) is 0 Å². The van der Waals surface area contributed by atoms with Crippen molar-refractivity contribution in [3.63, 3.8) is 0 Å². The normalized spacial score (nSPS) is 12.9. The second-order valence-corrected chi connectivity index (χ2v) is 2.68. The predicted molar refractivity (Wildman–Crippen MR) is 56.7 cm³/mol. The van der Waals surface area contributed by atoms with E-state index in [0.717, 1.165) is 17.7 Å². The van der Waals surface area contributed by atoms with Crippen LogP contribution < -0.4 is 0 Å². The Kier molecular flexibility index (Phi) is 5.02. The summed E-state index contributed by atoms with van der Waals surface area (Å²) >= 11 is 0. The average Bonchev–Trinajstić information content (AvgIpc) is 2.12. The molecule has 1 heteroatoms. The van der Waals surface area contributed by atoms with Crippen LogP contribution in [0.4, 0.5) is 0 Å². The first-order valence-corrected chi connectivity index (χ1v) is 4.11. The van der Waals surface area contributed by atoms with Gasteiger partial charge in [-0.15, -0.1) is 0 Å². The highest BCUT2D eigenvalue weighted by Gasteiger charge is 1.95. The summed E-state index contributed by atoms with van der Waals surface area (Å²) in [6, 6.07) is 0. The molecule has 0 bridgehead atoms. The molecule has 0 atom stereocenters. The largest absolute Gasteiger partial charge is 0.288 e. The zero-order valence-electron chi connectivity index (χ0n) is 8.22. The van der Waals surface area contributed by atoms with Gasteiger partial charge in [0, 0.05) is 7.05 Å². The molecule has 1 nitrogen and oxygen atoms in total. The maximum Gasteiger partial charge on any atom is 0.0636 e. The lowest BCUT2D eigenvalue weighted by Gasteiger charge is -2.00. The number of hydrogen-bond acceptors (Lipinski definition) is 1. The van der Waals surface area contributed by atoms with Crippen LogP contribution in [-0.4, -0.2) is 12.8 Å². The number of aliphatic imine (C=N–C) groups is 1. The lowest BCUT2D eigenvalue weighted by Crippen LogP contribution is -1.96. The fourth-order valence-electron chi connectivity index (χ4n) is 0.741. The van der Waals surface area contributed by atoms with Crippen molar-refractivity contribution < 1.29 is 0 Å². The molecule has 12 heavy (non-hydrogen) atoms. The summed E-state index contributed by atoms with van der Waals surface area (Å²) in [6.07, 6.45) is 4.81. The molecule has 66 valence electrons. The summed E-state index contributed by atoms with van der Waals surface area (Å²) in [5.41, 5.74) is 3.10. The molecule has 0 aliphatic rings. The Bertz CT molecular complexity index is 231. The minimum Gasteiger partial charge on any atom is -0.288 e. The molecular weight excluding hydrogens is 146 g/mol. The summed E-state index contributed by atoms with van der Waals surface area (Å²) in [7, 11) is 1.77. The Morgan fingerprint density at radius 3 is 2.42 bits per heavy atom. The van der Waals surface area contributed by atoms with Crippen LogP contribution in [-0.2, 0) is 0 Å². The van der Waals surface area contributed by atoms with Gasteiger partial charge in [0.1, 0.15) is 0 Å². The van der Waals surface area contributed by atoms with Gasteiger partial charge in [-0.2, -0.15) is 0 Å². The van der Waals surface area contributed by atoms with E-state index in [1.807, 2.05) is 6.08 Å². The lowest BCUT2D eigenvalue weighted by atomic mass is 10.1. The van der Waals surface area contributed by atoms with Crippen LogP contribution in [0.5, 0.6) is 0 Å². The highest BCUT2D eigenvalue weighted by Crippen LogP contribution is 2.04. The van der Waals surface area contributed by atoms with Crippen LogP contribution in [0.15, 0.2) is 41.4 Å². The maximum atomic E-state index is 4.12. The van der Waals surface area contributed by atoms with E-state index in [4.69, 9.17) is 0 Å². The Morgan fingerprint density at radius 2 is 2.08 bits per heavy atom. The van der Waals surface area contributed by atoms with Gasteiger partial charge in [-0.3, -0.25) is 4.99 Å². The van der Waals surface area contributed by atoms with Crippen LogP contribution in [0.2, 0.25) is 0 Å². The van der Waals surface area contributed by atoms with Gasteiger partial charge in [-0.25, -0.2) is 0 Å². The molecule has 0 saturated carbocycles. The minimum absolute atomic E-state index is 0.880. The zero-order chi connectivity index (χ0) is 9.56. The van der Waals surface area contributed by atoms with Gasteiger partial charge in [-0.1, -0.05) is 31.7 Å². The summed E-state index contributed by atoms with van der Waals surface area (Å²) in [6.45, 7) is 11.7. The van der Waals surface area contributed by atoms with E-state index in [2.05, 4.69) is 32.0 Å². The average molecular weight is 163 g/mol. The van der Waals surface area contributed by atoms with Crippen molar-refractivity contribution in [3.05, 3.63) is 36.5 Å². The first-order chi connectivity index (χ1) is 5.65. The van der Waals surface area contributed by atoms with Crippen molar-refractivity contribution in [2.24, 2.45) is 4.99 Å². The second-order valence-electron chi connectivity index (χ2n) is 2.68. The smallest absolute Gasteiger partial charge is 0.0636 e. The molecule has 0 saturated heterocycles. The van der Waals surface area contributed by atoms with Gasteiger partial charge < -0.3 is 0 Å². The second kappa shape index (κ2) is 5.53. The molecule has 0 aliphatic heterocycles. The number of hydrogen-bond donors (Lipinski definition) is 0. The van der Waals surface area contributed by atoms with Crippen LogP contribution in [0.25, 0.3) is 0 Å². The van der Waals surface area contributed by atoms with Crippen molar-refractivity contribution in [2.45, 2.75) is 20.3 Å². The van der Waals surface area contributed by atoms with E-state index in [1.54, 1.807) is 13.1 Å². The van der Waals surface area contributed by atoms with E-state index < -0.39 is 0 Å². The first kappa shape index (κ1) is 10.9. The van der Waals surface area contributed by atoms with E-state index in [1.165, 1.54) is 5.57 Å². The molecule has 0 aromatic rings. The van der Waals surface area contributed by atoms with Gasteiger partial charge in [0.25, 0.3) is 0 Å². The predicted octanol–water partition coefficient (Wildman–Crippen LogP) is 3.16. The first-order valence-electron chi connectivity index (χ1n) is 4.11. The van der Waals surface area contributed by atoms with Gasteiger partial charge in [0.2, 0.25) is 0 Å². The highest BCUT2D eigenvalue weighted by atomic mass is 14.7. The van der Waals surface area contributed by atoms with Gasteiger partial charge in [-0.05, 0) is 25.0 Å². The molecule has 0 amide bonds. The fourth-order valence-corrected chi connectivity index (χ4v) is 0.741. The molecule has 0 fully saturated rings. The molecule has 0 aliphatic carbocycles. The summed E-state index contributed by atoms with van der Waals surface area (Å²) in [4.78, 5) is 4.12. The highest BCUT2D eigenvalue weighted by molar-refractivity contribution is 6.10. The SMILES string of the molecule is C=CC(=C)C(/C=C(\C)CC)=NC. The van der Waals surface area contributed by atoms with Crippen LogP contribution >= 0.6 is 0 Å². The summed E-state index contributed by atoms with van der Waals surface area (Å²) < 4.78 is 0. The molecule has 0 N–H and O–H groups in total. The van der Waals surface area contributed by atoms with Crippen molar-refractivity contribution in [3.8, 4) is 0 Å². The Hall–Kier alpha value is -1.11. The minimum atomic E-state index is 0.880. The fraction of sp³-hybridized carbons (Fsp3) is 0.364. The van der Waals surface area contributed by atoms with Gasteiger partial charge in [0.05, 0.1) is 5.71 Å². The number of rotatable bonds is 4. The van der Waals surface area contributed by atoms with E-state index in [0.29, 0.717) is 0 Å². The lowest BCUT2D eigenvalue weighted by molar-refractivity contribution is 1.10. The number of allylic oxidation sites excluding steroid dienone is 4. The van der Waals surface area contributed by atoms with E-state index >= 15 is 0 Å². The van der Waals surface area contributed by atoms with Gasteiger partial charge >= 0.3 is 0 Å². The Labute approximate surface area is 75.2 Å². The third-order valence-corrected chi connectivity index (χ3v) is 1.76. The van der Waals surface area contributed by atoms with Crippen molar-refractivity contribution in [1.82, 2.24) is 0 Å². The number of nitrogens with zero attached hydrogens (tertiary/aromatic N) is 1. The quantitative estimate of drug-likeness (QED) is 0.446. The van der Waals surface area contributed by atoms with E-state index in [9.17, 15) is 0 Å². The van der Waals surface area contributed by atoms with E-state index in [-0.39, 0.29) is 0 Å². The molecule has 0 rings (SSSR count). The maximum absolute atomic E-state index is 4.12. The van der Waals surface area contributed by atoms with Crippen LogP contribution in [0.1, 0.15) is 20.3 Å². The van der Waals surface area contributed by atoms with Gasteiger partial charge in [0.15, 0.2) is 0 Å². The molecule has 0 aromatic heterocycles. The standard InChI is InChI=1S/C11H17N/c1-6-9(3)8-11(12-5)10(4)7-2/h7-8H,2,4,6H2,1,3,5H3/b9-8+,12-11?. The summed E-state index contributed by atoms with van der Waals surface area (Å²) in [5.74, 6) is 0. The summed E-state index contributed by atoms with van der Waals surface area (Å²) in [5, 5.41) is 0. The molecule has 0 aromatic carbocycles. The molecule has 0 heterocycles. The molecule has 0 spiro atoms. The zero-order valence-corrected chi connectivity index (χ0v) is 8.22. The molecule has 0 unspecified atom stereocenters. The van der Waals surface area contributed by atoms with Crippen molar-refractivity contribution >= 4 is 5.71 Å². The van der Waals surface area contributed by atoms with Crippen molar-refractivity contribution in [1.29, 1.82) is 0 Å². The Morgan fingerprint density at radius 1 is 1.50 bits per heavy atom. The van der Waals surface area contributed by atoms with Crippen molar-refractivity contribution in [2.75, 3.05) is 7.05 Å². The monoisotopic (exact) mass is 163 g/mol. The van der Waals surface area contributed by atoms with Crippen LogP contribution in [0.3, 0.4) is 0 Å². The third-order valence-electron chi connectivity index (χ3n) is 1.76. The molecule has 0 radical (unpaired) electrons. The Balaban J connectivity index is 4.61. The third kappa shape index (κ3) is 3.33. The topological polar surface area (TPSA) is 12.4 Å².